The summed E-state index contributed by atoms with van der Waals surface area (Å²) in [5.74, 6) is 0.0413. The highest BCUT2D eigenvalue weighted by Gasteiger charge is 2.47. The normalized spacial score (nSPS) is 22.9. The third-order valence-electron chi connectivity index (χ3n) is 6.77. The minimum atomic E-state index is -4.03. The summed E-state index contributed by atoms with van der Waals surface area (Å²) in [6.45, 7) is 4.12. The van der Waals surface area contributed by atoms with Gasteiger partial charge in [0.2, 0.25) is 0 Å². The third-order valence-corrected chi connectivity index (χ3v) is 8.59. The predicted molar refractivity (Wildman–Crippen MR) is 136 cm³/mol. The van der Waals surface area contributed by atoms with Gasteiger partial charge in [-0.1, -0.05) is 52.3 Å². The molecule has 3 atom stereocenters. The van der Waals surface area contributed by atoms with E-state index in [1.54, 1.807) is 30.3 Å². The molecule has 0 saturated carbocycles. The predicted octanol–water partition coefficient (Wildman–Crippen LogP) is 5.95. The molecule has 0 bridgehead atoms. The summed E-state index contributed by atoms with van der Waals surface area (Å²) in [5, 5.41) is 0. The Morgan fingerprint density at radius 3 is 2.51 bits per heavy atom. The molecule has 1 amide bonds. The second kappa shape index (κ2) is 9.08. The molecule has 0 aliphatic carbocycles. The number of carbonyl (C=O) groups is 1. The van der Waals surface area contributed by atoms with Gasteiger partial charge in [0, 0.05) is 21.5 Å². The van der Waals surface area contributed by atoms with Gasteiger partial charge in [0.1, 0.15) is 11.4 Å². The average Bonchev–Trinajstić information content (AvgIpc) is 2.83. The lowest BCUT2D eigenvalue weighted by molar-refractivity contribution is -0.151. The lowest BCUT2D eigenvalue weighted by atomic mass is 9.74. The maximum Gasteiger partial charge on any atom is 0.265 e. The quantitative estimate of drug-likeness (QED) is 0.430. The number of hydrogen-bond donors (Lipinski definition) is 1. The molecule has 2 aliphatic rings. The highest BCUT2D eigenvalue weighted by Crippen LogP contribution is 2.53. The average molecular weight is 556 g/mol. The highest BCUT2D eigenvalue weighted by atomic mass is 79.9. The minimum Gasteiger partial charge on any atom is -0.487 e. The van der Waals surface area contributed by atoms with E-state index < -0.39 is 21.5 Å². The van der Waals surface area contributed by atoms with Crippen LogP contribution in [0.3, 0.4) is 0 Å². The first-order valence-electron chi connectivity index (χ1n) is 11.5. The van der Waals surface area contributed by atoms with Crippen molar-refractivity contribution >= 4 is 31.9 Å². The number of halogens is 1. The van der Waals surface area contributed by atoms with Gasteiger partial charge in [-0.25, -0.2) is 13.1 Å². The van der Waals surface area contributed by atoms with E-state index in [1.807, 2.05) is 18.2 Å². The van der Waals surface area contributed by atoms with Crippen molar-refractivity contribution in [3.63, 3.8) is 0 Å². The topological polar surface area (TPSA) is 81.7 Å². The lowest BCUT2D eigenvalue weighted by Gasteiger charge is -2.48. The van der Waals surface area contributed by atoms with Gasteiger partial charge in [-0.2, -0.15) is 0 Å². The maximum atomic E-state index is 13.0. The molecule has 3 aromatic carbocycles. The molecule has 0 aromatic heterocycles. The van der Waals surface area contributed by atoms with E-state index in [4.69, 9.17) is 9.47 Å². The number of sulfonamides is 1. The molecule has 6 nitrogen and oxygen atoms in total. The third kappa shape index (κ3) is 4.75. The Kier molecular flexibility index (Phi) is 6.23. The van der Waals surface area contributed by atoms with E-state index in [0.29, 0.717) is 10.2 Å². The van der Waals surface area contributed by atoms with Crippen LogP contribution in [0.15, 0.2) is 82.2 Å². The molecule has 182 valence electrons. The van der Waals surface area contributed by atoms with Crippen molar-refractivity contribution in [2.24, 2.45) is 5.92 Å². The Morgan fingerprint density at radius 2 is 1.77 bits per heavy atom. The Balaban J connectivity index is 1.45. The van der Waals surface area contributed by atoms with Crippen LogP contribution in [0.1, 0.15) is 60.4 Å². The summed E-state index contributed by atoms with van der Waals surface area (Å²) in [7, 11) is -4.03. The summed E-state index contributed by atoms with van der Waals surface area (Å²) in [6.07, 6.45) is 1.44. The number of carbonyl (C=O) groups excluding carboxylic acids is 1. The zero-order chi connectivity index (χ0) is 24.8. The fourth-order valence-electron chi connectivity index (χ4n) is 4.98. The fraction of sp³-hybridized carbons (Fsp3) is 0.296. The molecule has 35 heavy (non-hydrogen) atoms. The standard InChI is InChI=1S/C27H26BrNO5S/c1-27(2)22-12-14-23(17-7-4-3-5-8-17)33-25(22)21-15-18(11-13-24(21)34-27)26(30)29-35(31,32)20-10-6-9-19(28)16-20/h3-11,13,15-16,22-23,25H,12,14H2,1-2H3,(H,29,30)/t22-,23+,25+/m1/s1. The first-order chi connectivity index (χ1) is 16.6. The van der Waals surface area contributed by atoms with Crippen molar-refractivity contribution < 1.29 is 22.7 Å². The van der Waals surface area contributed by atoms with Crippen molar-refractivity contribution in [3.05, 3.63) is 94.0 Å². The molecule has 0 radical (unpaired) electrons. The number of hydrogen-bond acceptors (Lipinski definition) is 5. The lowest BCUT2D eigenvalue weighted by Crippen LogP contribution is -2.47. The molecule has 2 aliphatic heterocycles. The van der Waals surface area contributed by atoms with Gasteiger partial charge in [-0.05, 0) is 68.7 Å². The monoisotopic (exact) mass is 555 g/mol. The molecular weight excluding hydrogens is 530 g/mol. The summed E-state index contributed by atoms with van der Waals surface area (Å²) in [6, 6.07) is 21.3. The number of ether oxygens (including phenoxy) is 2. The molecule has 1 saturated heterocycles. The highest BCUT2D eigenvalue weighted by molar-refractivity contribution is 9.10. The molecule has 0 spiro atoms. The van der Waals surface area contributed by atoms with Crippen LogP contribution in [0.25, 0.3) is 0 Å². The van der Waals surface area contributed by atoms with Crippen LogP contribution in [0, 0.1) is 5.92 Å². The second-order valence-electron chi connectivity index (χ2n) is 9.49. The van der Waals surface area contributed by atoms with Gasteiger partial charge in [0.05, 0.1) is 17.1 Å². The van der Waals surface area contributed by atoms with E-state index >= 15 is 0 Å². The SMILES string of the molecule is CC1(C)Oc2ccc(C(=O)NS(=O)(=O)c3cccc(Br)c3)cc2[C@@H]2O[C@H](c3ccccc3)CC[C@H]21. The van der Waals surface area contributed by atoms with Crippen molar-refractivity contribution in [3.8, 4) is 5.75 Å². The molecule has 2 heterocycles. The van der Waals surface area contributed by atoms with E-state index in [0.717, 1.165) is 24.0 Å². The van der Waals surface area contributed by atoms with Gasteiger partial charge in [0.25, 0.3) is 15.9 Å². The van der Waals surface area contributed by atoms with Crippen LogP contribution in [0.2, 0.25) is 0 Å². The van der Waals surface area contributed by atoms with Gasteiger partial charge in [-0.15, -0.1) is 0 Å². The largest absolute Gasteiger partial charge is 0.487 e. The summed E-state index contributed by atoms with van der Waals surface area (Å²) in [4.78, 5) is 13.0. The van der Waals surface area contributed by atoms with E-state index in [9.17, 15) is 13.2 Å². The number of nitrogens with one attached hydrogen (secondary N) is 1. The van der Waals surface area contributed by atoms with Crippen LogP contribution in [0.4, 0.5) is 0 Å². The molecular formula is C27H26BrNO5S. The van der Waals surface area contributed by atoms with E-state index in [1.165, 1.54) is 12.1 Å². The smallest absolute Gasteiger partial charge is 0.265 e. The minimum absolute atomic E-state index is 0.00430. The van der Waals surface area contributed by atoms with E-state index in [-0.39, 0.29) is 28.6 Å². The van der Waals surface area contributed by atoms with E-state index in [2.05, 4.69) is 46.6 Å². The molecule has 3 aromatic rings. The Bertz CT molecular complexity index is 1370. The molecule has 1 N–H and O–H groups in total. The Hall–Kier alpha value is -2.68. The number of benzene rings is 3. The fourth-order valence-corrected chi connectivity index (χ4v) is 6.55. The van der Waals surface area contributed by atoms with Crippen molar-refractivity contribution in [2.45, 2.75) is 49.4 Å². The van der Waals surface area contributed by atoms with Crippen molar-refractivity contribution in [1.29, 1.82) is 0 Å². The molecule has 0 unspecified atom stereocenters. The first kappa shape index (κ1) is 24.0. The van der Waals surface area contributed by atoms with Crippen LogP contribution in [-0.4, -0.2) is 19.9 Å². The van der Waals surface area contributed by atoms with Crippen molar-refractivity contribution in [2.75, 3.05) is 0 Å². The summed E-state index contributed by atoms with van der Waals surface area (Å²) < 4.78 is 41.3. The van der Waals surface area contributed by atoms with Crippen LogP contribution in [0.5, 0.6) is 5.75 Å². The Morgan fingerprint density at radius 1 is 1.00 bits per heavy atom. The number of fused-ring (bicyclic) bond motifs is 3. The molecule has 1 fully saturated rings. The van der Waals surface area contributed by atoms with Crippen LogP contribution < -0.4 is 9.46 Å². The number of rotatable bonds is 4. The number of amides is 1. The first-order valence-corrected chi connectivity index (χ1v) is 13.8. The van der Waals surface area contributed by atoms with Gasteiger partial charge < -0.3 is 9.47 Å². The van der Waals surface area contributed by atoms with Gasteiger partial charge >= 0.3 is 0 Å². The summed E-state index contributed by atoms with van der Waals surface area (Å²) >= 11 is 3.27. The van der Waals surface area contributed by atoms with Crippen LogP contribution in [-0.2, 0) is 14.8 Å². The zero-order valence-electron chi connectivity index (χ0n) is 19.4. The Labute approximate surface area is 213 Å². The molecule has 5 rings (SSSR count). The summed E-state index contributed by atoms with van der Waals surface area (Å²) in [5.41, 5.74) is 1.68. The zero-order valence-corrected chi connectivity index (χ0v) is 21.8. The van der Waals surface area contributed by atoms with Crippen molar-refractivity contribution in [1.82, 2.24) is 4.72 Å². The van der Waals surface area contributed by atoms with Gasteiger partial charge in [0.15, 0.2) is 0 Å². The van der Waals surface area contributed by atoms with Gasteiger partial charge in [-0.3, -0.25) is 4.79 Å². The maximum absolute atomic E-state index is 13.0. The van der Waals surface area contributed by atoms with Crippen LogP contribution >= 0.6 is 15.9 Å². The second-order valence-corrected chi connectivity index (χ2v) is 12.1. The molecule has 8 heteroatoms.